The van der Waals surface area contributed by atoms with Crippen molar-refractivity contribution in [2.45, 2.75) is 19.4 Å². The highest BCUT2D eigenvalue weighted by atomic mass is 35.5. The maximum absolute atomic E-state index is 12.8. The first-order valence-corrected chi connectivity index (χ1v) is 8.86. The minimum absolute atomic E-state index is 0.148. The first-order chi connectivity index (χ1) is 12.3. The van der Waals surface area contributed by atoms with Gasteiger partial charge in [0.1, 0.15) is 17.9 Å². The number of benzene rings is 2. The van der Waals surface area contributed by atoms with E-state index in [0.717, 1.165) is 10.5 Å². The van der Waals surface area contributed by atoms with E-state index in [1.807, 2.05) is 31.2 Å². The largest absolute Gasteiger partial charge is 0.492 e. The summed E-state index contributed by atoms with van der Waals surface area (Å²) in [5.74, 6) is 0.345. The molecule has 2 aromatic carbocycles. The molecule has 3 rings (SSSR count). The fourth-order valence-corrected chi connectivity index (χ4v) is 3.16. The van der Waals surface area contributed by atoms with E-state index in [0.29, 0.717) is 21.4 Å². The zero-order valence-electron chi connectivity index (χ0n) is 14.4. The number of nitrogens with zero attached hydrogens (tertiary/aromatic N) is 1. The van der Waals surface area contributed by atoms with Crippen LogP contribution in [0, 0.1) is 6.92 Å². The third kappa shape index (κ3) is 3.50. The molecule has 1 atom stereocenters. The summed E-state index contributed by atoms with van der Waals surface area (Å²) in [6.07, 6.45) is 0. The number of ether oxygens (including phenoxy) is 1. The minimum Gasteiger partial charge on any atom is -0.492 e. The molecule has 1 fully saturated rings. The van der Waals surface area contributed by atoms with Crippen molar-refractivity contribution in [3.05, 3.63) is 63.6 Å². The Morgan fingerprint density at radius 1 is 1.12 bits per heavy atom. The molecule has 0 radical (unpaired) electrons. The lowest BCUT2D eigenvalue weighted by Crippen LogP contribution is -2.41. The summed E-state index contributed by atoms with van der Waals surface area (Å²) in [4.78, 5) is 26.3. The molecular weight excluding hydrogens is 375 g/mol. The Morgan fingerprint density at radius 2 is 1.88 bits per heavy atom. The molecule has 0 spiro atoms. The van der Waals surface area contributed by atoms with E-state index >= 15 is 0 Å². The van der Waals surface area contributed by atoms with Crippen molar-refractivity contribution in [1.29, 1.82) is 0 Å². The van der Waals surface area contributed by atoms with E-state index in [-0.39, 0.29) is 19.1 Å². The normalized spacial score (nSPS) is 19.6. The van der Waals surface area contributed by atoms with Gasteiger partial charge < -0.3 is 10.1 Å². The van der Waals surface area contributed by atoms with E-state index in [4.69, 9.17) is 27.9 Å². The molecule has 0 bridgehead atoms. The number of halogens is 2. The van der Waals surface area contributed by atoms with Gasteiger partial charge in [-0.3, -0.25) is 9.69 Å². The maximum atomic E-state index is 12.8. The van der Waals surface area contributed by atoms with Gasteiger partial charge in [-0.25, -0.2) is 4.79 Å². The summed E-state index contributed by atoms with van der Waals surface area (Å²) in [5, 5.41) is 3.45. The van der Waals surface area contributed by atoms with E-state index < -0.39 is 11.6 Å². The van der Waals surface area contributed by atoms with Crippen molar-refractivity contribution in [1.82, 2.24) is 10.2 Å². The molecule has 1 unspecified atom stereocenters. The Balaban J connectivity index is 1.71. The van der Waals surface area contributed by atoms with Crippen LogP contribution in [-0.4, -0.2) is 30.0 Å². The Hall–Kier alpha value is -2.24. The van der Waals surface area contributed by atoms with Crippen molar-refractivity contribution >= 4 is 35.1 Å². The Kier molecular flexibility index (Phi) is 5.12. The second-order valence-corrected chi connectivity index (χ2v) is 7.12. The summed E-state index contributed by atoms with van der Waals surface area (Å²) in [7, 11) is 0. The van der Waals surface area contributed by atoms with Crippen LogP contribution in [0.3, 0.4) is 0 Å². The fourth-order valence-electron chi connectivity index (χ4n) is 2.86. The van der Waals surface area contributed by atoms with Crippen LogP contribution in [-0.2, 0) is 10.3 Å². The van der Waals surface area contributed by atoms with Crippen molar-refractivity contribution in [3.63, 3.8) is 0 Å². The standard InChI is InChI=1S/C19H18Cl2N2O3/c1-12-4-3-5-14(10-12)26-9-8-23-17(24)19(2,22-18(23)25)13-6-7-15(20)16(21)11-13/h3-7,10-11H,8-9H2,1-2H3,(H,22,25). The molecule has 0 aromatic heterocycles. The number of hydrogen-bond donors (Lipinski definition) is 1. The van der Waals surface area contributed by atoms with Crippen LogP contribution in [0.5, 0.6) is 5.75 Å². The minimum atomic E-state index is -1.19. The molecule has 26 heavy (non-hydrogen) atoms. The molecule has 5 nitrogen and oxygen atoms in total. The zero-order valence-corrected chi connectivity index (χ0v) is 15.9. The van der Waals surface area contributed by atoms with Gasteiger partial charge in [0.25, 0.3) is 5.91 Å². The number of rotatable bonds is 5. The monoisotopic (exact) mass is 392 g/mol. The van der Waals surface area contributed by atoms with Crippen LogP contribution < -0.4 is 10.1 Å². The molecule has 3 amide bonds. The van der Waals surface area contributed by atoms with Crippen LogP contribution in [0.2, 0.25) is 10.0 Å². The number of carbonyl (C=O) groups is 2. The smallest absolute Gasteiger partial charge is 0.325 e. The Labute approximate surface area is 161 Å². The Morgan fingerprint density at radius 3 is 2.58 bits per heavy atom. The summed E-state index contributed by atoms with van der Waals surface area (Å²) in [6.45, 7) is 3.97. The van der Waals surface area contributed by atoms with Crippen LogP contribution in [0.4, 0.5) is 4.79 Å². The third-order valence-electron chi connectivity index (χ3n) is 4.35. The second kappa shape index (κ2) is 7.17. The van der Waals surface area contributed by atoms with E-state index in [1.54, 1.807) is 25.1 Å². The quantitative estimate of drug-likeness (QED) is 0.777. The number of carbonyl (C=O) groups excluding carboxylic acids is 2. The van der Waals surface area contributed by atoms with E-state index in [9.17, 15) is 9.59 Å². The summed E-state index contributed by atoms with van der Waals surface area (Å²) >= 11 is 12.0. The van der Waals surface area contributed by atoms with Crippen LogP contribution in [0.1, 0.15) is 18.1 Å². The molecule has 1 saturated heterocycles. The molecule has 1 aliphatic rings. The van der Waals surface area contributed by atoms with Gasteiger partial charge in [-0.2, -0.15) is 0 Å². The molecule has 136 valence electrons. The van der Waals surface area contributed by atoms with Gasteiger partial charge in [-0.15, -0.1) is 0 Å². The van der Waals surface area contributed by atoms with Crippen molar-refractivity contribution in [3.8, 4) is 5.75 Å². The predicted octanol–water partition coefficient (Wildman–Crippen LogP) is 4.15. The first-order valence-electron chi connectivity index (χ1n) is 8.10. The lowest BCUT2D eigenvalue weighted by molar-refractivity contribution is -0.131. The summed E-state index contributed by atoms with van der Waals surface area (Å²) in [6, 6.07) is 12.0. The highest BCUT2D eigenvalue weighted by molar-refractivity contribution is 6.42. The van der Waals surface area contributed by atoms with Gasteiger partial charge >= 0.3 is 6.03 Å². The molecule has 1 aliphatic heterocycles. The molecule has 0 aliphatic carbocycles. The second-order valence-electron chi connectivity index (χ2n) is 6.31. The third-order valence-corrected chi connectivity index (χ3v) is 5.08. The van der Waals surface area contributed by atoms with Crippen LogP contribution in [0.25, 0.3) is 0 Å². The van der Waals surface area contributed by atoms with Gasteiger partial charge in [-0.1, -0.05) is 41.4 Å². The van der Waals surface area contributed by atoms with Crippen molar-refractivity contribution < 1.29 is 14.3 Å². The van der Waals surface area contributed by atoms with E-state index in [1.165, 1.54) is 0 Å². The highest BCUT2D eigenvalue weighted by Gasteiger charge is 2.48. The number of hydrogen-bond acceptors (Lipinski definition) is 3. The molecule has 7 heteroatoms. The average molecular weight is 393 g/mol. The molecule has 0 saturated carbocycles. The van der Waals surface area contributed by atoms with Gasteiger partial charge in [0.2, 0.25) is 0 Å². The van der Waals surface area contributed by atoms with Crippen molar-refractivity contribution in [2.24, 2.45) is 0 Å². The lowest BCUT2D eigenvalue weighted by Gasteiger charge is -2.22. The molecule has 1 N–H and O–H groups in total. The predicted molar refractivity (Wildman–Crippen MR) is 101 cm³/mol. The number of nitrogens with one attached hydrogen (secondary N) is 1. The van der Waals surface area contributed by atoms with Gasteiger partial charge in [0.05, 0.1) is 16.6 Å². The van der Waals surface area contributed by atoms with Gasteiger partial charge in [0, 0.05) is 0 Å². The summed E-state index contributed by atoms with van der Waals surface area (Å²) in [5.41, 5.74) is 0.464. The molecular formula is C19H18Cl2N2O3. The molecule has 2 aromatic rings. The highest BCUT2D eigenvalue weighted by Crippen LogP contribution is 2.32. The molecule has 1 heterocycles. The van der Waals surface area contributed by atoms with Crippen LogP contribution >= 0.6 is 23.2 Å². The number of aryl methyl sites for hydroxylation is 1. The SMILES string of the molecule is Cc1cccc(OCCN2C(=O)NC(C)(c3ccc(Cl)c(Cl)c3)C2=O)c1. The topological polar surface area (TPSA) is 58.6 Å². The number of amides is 3. The zero-order chi connectivity index (χ0) is 18.9. The summed E-state index contributed by atoms with van der Waals surface area (Å²) < 4.78 is 5.64. The van der Waals surface area contributed by atoms with Crippen LogP contribution in [0.15, 0.2) is 42.5 Å². The number of urea groups is 1. The van der Waals surface area contributed by atoms with Gasteiger partial charge in [-0.05, 0) is 49.2 Å². The lowest BCUT2D eigenvalue weighted by atomic mass is 9.92. The fraction of sp³-hybridized carbons (Fsp3) is 0.263. The number of imide groups is 1. The van der Waals surface area contributed by atoms with Crippen molar-refractivity contribution in [2.75, 3.05) is 13.2 Å². The maximum Gasteiger partial charge on any atom is 0.325 e. The average Bonchev–Trinajstić information content (AvgIpc) is 2.81. The van der Waals surface area contributed by atoms with E-state index in [2.05, 4.69) is 5.32 Å². The Bertz CT molecular complexity index is 872. The van der Waals surface area contributed by atoms with Gasteiger partial charge in [0.15, 0.2) is 0 Å². The first kappa shape index (κ1) is 18.5.